The molecule has 0 saturated heterocycles. The van der Waals surface area contributed by atoms with E-state index < -0.39 is 0 Å². The van der Waals surface area contributed by atoms with Crippen LogP contribution in [0, 0.1) is 6.92 Å². The first kappa shape index (κ1) is 16.7. The van der Waals surface area contributed by atoms with Crippen LogP contribution in [0.25, 0.3) is 0 Å². The van der Waals surface area contributed by atoms with Crippen LogP contribution >= 0.6 is 31.9 Å². The zero-order valence-electron chi connectivity index (χ0n) is 11.9. The minimum absolute atomic E-state index is 0.169. The Bertz CT molecular complexity index is 664. The summed E-state index contributed by atoms with van der Waals surface area (Å²) in [6.07, 6.45) is 1.61. The quantitative estimate of drug-likeness (QED) is 0.561. The van der Waals surface area contributed by atoms with Gasteiger partial charge in [-0.15, -0.1) is 0 Å². The number of rotatable bonds is 5. The lowest BCUT2D eigenvalue weighted by Gasteiger charge is -2.05. The highest BCUT2D eigenvalue weighted by atomic mass is 79.9. The molecular formula is C16H15Br2N3O. The summed E-state index contributed by atoms with van der Waals surface area (Å²) >= 11 is 6.96. The van der Waals surface area contributed by atoms with Crippen molar-refractivity contribution in [1.82, 2.24) is 5.43 Å². The molecule has 0 atom stereocenters. The van der Waals surface area contributed by atoms with E-state index in [4.69, 9.17) is 0 Å². The maximum absolute atomic E-state index is 11.7. The molecule has 0 saturated carbocycles. The van der Waals surface area contributed by atoms with Gasteiger partial charge in [0.15, 0.2) is 0 Å². The van der Waals surface area contributed by atoms with E-state index in [1.165, 1.54) is 0 Å². The number of halogens is 2. The van der Waals surface area contributed by atoms with Crippen LogP contribution in [-0.4, -0.2) is 18.7 Å². The molecule has 2 aromatic rings. The molecule has 0 spiro atoms. The monoisotopic (exact) mass is 423 g/mol. The Morgan fingerprint density at radius 1 is 1.18 bits per heavy atom. The first-order valence-corrected chi connectivity index (χ1v) is 8.21. The van der Waals surface area contributed by atoms with Gasteiger partial charge in [-0.05, 0) is 42.3 Å². The fourth-order valence-electron chi connectivity index (χ4n) is 1.70. The summed E-state index contributed by atoms with van der Waals surface area (Å²) in [6, 6.07) is 13.4. The Morgan fingerprint density at radius 2 is 1.82 bits per heavy atom. The second kappa shape index (κ2) is 8.10. The molecule has 0 fully saturated rings. The van der Waals surface area contributed by atoms with E-state index in [1.54, 1.807) is 6.21 Å². The third kappa shape index (κ3) is 4.96. The maximum Gasteiger partial charge on any atom is 0.259 e. The largest absolute Gasteiger partial charge is 0.376 e. The van der Waals surface area contributed by atoms with Gasteiger partial charge in [0, 0.05) is 14.6 Å². The Kier molecular flexibility index (Phi) is 6.15. The van der Waals surface area contributed by atoms with Crippen molar-refractivity contribution in [1.29, 1.82) is 0 Å². The smallest absolute Gasteiger partial charge is 0.259 e. The number of nitrogens with zero attached hydrogens (tertiary/aromatic N) is 1. The molecule has 114 valence electrons. The lowest BCUT2D eigenvalue weighted by molar-refractivity contribution is -0.119. The van der Waals surface area contributed by atoms with Crippen molar-refractivity contribution in [2.75, 3.05) is 11.9 Å². The van der Waals surface area contributed by atoms with E-state index in [0.717, 1.165) is 25.8 Å². The van der Waals surface area contributed by atoms with E-state index in [1.807, 2.05) is 49.4 Å². The van der Waals surface area contributed by atoms with Gasteiger partial charge in [-0.3, -0.25) is 4.79 Å². The second-order valence-electron chi connectivity index (χ2n) is 4.62. The van der Waals surface area contributed by atoms with E-state index >= 15 is 0 Å². The van der Waals surface area contributed by atoms with Crippen LogP contribution in [0.2, 0.25) is 0 Å². The first-order chi connectivity index (χ1) is 10.6. The van der Waals surface area contributed by atoms with Gasteiger partial charge in [0.25, 0.3) is 5.91 Å². The Labute approximate surface area is 146 Å². The van der Waals surface area contributed by atoms with Crippen LogP contribution in [0.5, 0.6) is 0 Å². The Balaban J connectivity index is 1.85. The number of benzene rings is 2. The molecule has 22 heavy (non-hydrogen) atoms. The van der Waals surface area contributed by atoms with Gasteiger partial charge >= 0.3 is 0 Å². The molecule has 0 heterocycles. The maximum atomic E-state index is 11.7. The lowest BCUT2D eigenvalue weighted by atomic mass is 10.2. The van der Waals surface area contributed by atoms with Gasteiger partial charge < -0.3 is 5.32 Å². The summed E-state index contributed by atoms with van der Waals surface area (Å²) < 4.78 is 1.97. The van der Waals surface area contributed by atoms with Gasteiger partial charge in [0.2, 0.25) is 0 Å². The number of hydrogen-bond donors (Lipinski definition) is 2. The molecule has 0 radical (unpaired) electrons. The third-order valence-electron chi connectivity index (χ3n) is 2.93. The van der Waals surface area contributed by atoms with Crippen molar-refractivity contribution in [3.63, 3.8) is 0 Å². The molecule has 4 nitrogen and oxygen atoms in total. The number of nitrogens with one attached hydrogen (secondary N) is 2. The minimum atomic E-state index is -0.203. The van der Waals surface area contributed by atoms with E-state index in [0.29, 0.717) is 0 Å². The van der Waals surface area contributed by atoms with Crippen molar-refractivity contribution in [3.8, 4) is 0 Å². The molecule has 0 aliphatic heterocycles. The highest BCUT2D eigenvalue weighted by Gasteiger charge is 2.02. The van der Waals surface area contributed by atoms with Gasteiger partial charge in [0.1, 0.15) is 0 Å². The van der Waals surface area contributed by atoms with Gasteiger partial charge in [0.05, 0.1) is 12.8 Å². The molecule has 0 aliphatic carbocycles. The standard InChI is InChI=1S/C16H15Br2N3O/c1-11-14(17)7-12(8-15(11)18)9-20-21-16(22)10-19-13-5-3-2-4-6-13/h2-9,19H,10H2,1H3,(H,21,22)/b20-9-. The fraction of sp³-hybridized carbons (Fsp3) is 0.125. The number of hydrazone groups is 1. The normalized spacial score (nSPS) is 10.7. The highest BCUT2D eigenvalue weighted by Crippen LogP contribution is 2.25. The fourth-order valence-corrected chi connectivity index (χ4v) is 2.92. The van der Waals surface area contributed by atoms with Gasteiger partial charge in [-0.2, -0.15) is 5.10 Å². The number of carbonyl (C=O) groups is 1. The van der Waals surface area contributed by atoms with Crippen LogP contribution in [0.1, 0.15) is 11.1 Å². The van der Waals surface area contributed by atoms with Crippen LogP contribution < -0.4 is 10.7 Å². The Hall–Kier alpha value is -1.66. The zero-order chi connectivity index (χ0) is 15.9. The molecule has 6 heteroatoms. The van der Waals surface area contributed by atoms with Crippen LogP contribution in [0.15, 0.2) is 56.5 Å². The molecule has 2 N–H and O–H groups in total. The SMILES string of the molecule is Cc1c(Br)cc(/C=N\NC(=O)CNc2ccccc2)cc1Br. The first-order valence-electron chi connectivity index (χ1n) is 6.63. The molecule has 2 rings (SSSR count). The molecule has 0 bridgehead atoms. The number of carbonyl (C=O) groups excluding carboxylic acids is 1. The topological polar surface area (TPSA) is 53.5 Å². The summed E-state index contributed by atoms with van der Waals surface area (Å²) in [5, 5.41) is 6.98. The number of para-hydroxylation sites is 1. The highest BCUT2D eigenvalue weighted by molar-refractivity contribution is 9.11. The molecule has 0 aliphatic rings. The Morgan fingerprint density at radius 3 is 2.45 bits per heavy atom. The van der Waals surface area contributed by atoms with Gasteiger partial charge in [-0.25, -0.2) is 5.43 Å². The third-order valence-corrected chi connectivity index (χ3v) is 4.58. The molecule has 0 unspecified atom stereocenters. The predicted octanol–water partition coefficient (Wildman–Crippen LogP) is 4.08. The summed E-state index contributed by atoms with van der Waals surface area (Å²) in [4.78, 5) is 11.7. The zero-order valence-corrected chi connectivity index (χ0v) is 15.1. The predicted molar refractivity (Wildman–Crippen MR) is 97.2 cm³/mol. The number of anilines is 1. The molecular weight excluding hydrogens is 410 g/mol. The van der Waals surface area contributed by atoms with Crippen molar-refractivity contribution in [3.05, 3.63) is 62.5 Å². The second-order valence-corrected chi connectivity index (χ2v) is 6.33. The van der Waals surface area contributed by atoms with E-state index in [2.05, 4.69) is 47.7 Å². The van der Waals surface area contributed by atoms with Gasteiger partial charge in [-0.1, -0.05) is 50.1 Å². The summed E-state index contributed by atoms with van der Waals surface area (Å²) in [5.74, 6) is -0.203. The van der Waals surface area contributed by atoms with Crippen molar-refractivity contribution >= 4 is 49.7 Å². The average Bonchev–Trinajstić information content (AvgIpc) is 2.51. The lowest BCUT2D eigenvalue weighted by Crippen LogP contribution is -2.25. The number of hydrogen-bond acceptors (Lipinski definition) is 3. The van der Waals surface area contributed by atoms with Crippen molar-refractivity contribution in [2.45, 2.75) is 6.92 Å². The van der Waals surface area contributed by atoms with E-state index in [-0.39, 0.29) is 12.5 Å². The van der Waals surface area contributed by atoms with Crippen LogP contribution in [0.3, 0.4) is 0 Å². The molecule has 2 aromatic carbocycles. The van der Waals surface area contributed by atoms with Crippen molar-refractivity contribution < 1.29 is 4.79 Å². The molecule has 1 amide bonds. The summed E-state index contributed by atoms with van der Waals surface area (Å²) in [5.41, 5.74) is 5.40. The number of amides is 1. The van der Waals surface area contributed by atoms with E-state index in [9.17, 15) is 4.79 Å². The molecule has 0 aromatic heterocycles. The average molecular weight is 425 g/mol. The van der Waals surface area contributed by atoms with Crippen LogP contribution in [0.4, 0.5) is 5.69 Å². The summed E-state index contributed by atoms with van der Waals surface area (Å²) in [6.45, 7) is 2.18. The van der Waals surface area contributed by atoms with Crippen LogP contribution in [-0.2, 0) is 4.79 Å². The van der Waals surface area contributed by atoms with Crippen molar-refractivity contribution in [2.24, 2.45) is 5.10 Å². The minimum Gasteiger partial charge on any atom is -0.376 e. The summed E-state index contributed by atoms with van der Waals surface area (Å²) in [7, 11) is 0.